The molecule has 4 aromatic heterocycles. The topological polar surface area (TPSA) is 335 Å². The summed E-state index contributed by atoms with van der Waals surface area (Å²) in [6, 6.07) is 26.1. The minimum absolute atomic E-state index is 0.216. The fourth-order valence-electron chi connectivity index (χ4n) is 13.0. The second-order valence-electron chi connectivity index (χ2n) is 23.7. The molecule has 10 N–H and O–H groups in total. The number of anilines is 4. The summed E-state index contributed by atoms with van der Waals surface area (Å²) in [5, 5.41) is 65.0. The van der Waals surface area contributed by atoms with Crippen LogP contribution < -0.4 is 60.6 Å². The van der Waals surface area contributed by atoms with Crippen LogP contribution >= 0.6 is 0 Å². The first-order valence-electron chi connectivity index (χ1n) is 31.1. The van der Waals surface area contributed by atoms with Crippen LogP contribution in [-0.4, -0.2) is 181 Å². The van der Waals surface area contributed by atoms with Crippen LogP contribution in [0.2, 0.25) is 0 Å². The standard InChI is InChI=1S/C65H78N16O11/c1-7-49(82)70-45-29-47(57(86)55(45)84)80-33-66-53-59(72-51(35-9-17-41(89-3)18-10-35)36-11-19-42(90-4)20-12-36)74-63(76-61(53)80)78-27-25-39(31-78)68-65(88)69-40-26-28-79(32-40)64-75-60(73-52(37-13-21-43(91-5)22-14-37)38-15-23-44(92-6)24-16-38)54-62(77-64)81(34-67-54)48-30-46(56(85)58(48)87)71-50(83)8-2/h9-24,33-34,39-40,45-48,51-52,55-58,84-87H,7-8,25-32H2,1-6H3,(H,70,82)(H,71,83)(H2,68,69,88)(H,72,74,76)(H,73,75,77)/t39-,40-,45+,46+,47-,48-,55-,56-,57+,58+/m1/s1. The van der Waals surface area contributed by atoms with Crippen LogP contribution in [0.15, 0.2) is 110 Å². The van der Waals surface area contributed by atoms with E-state index in [9.17, 15) is 34.8 Å². The molecule has 8 aromatic rings. The Morgan fingerprint density at radius 3 is 1.14 bits per heavy atom. The highest BCUT2D eigenvalue weighted by Gasteiger charge is 2.46. The summed E-state index contributed by atoms with van der Waals surface area (Å²) in [6.45, 7) is 5.11. The highest BCUT2D eigenvalue weighted by atomic mass is 16.5. The van der Waals surface area contributed by atoms with E-state index in [2.05, 4.69) is 31.9 Å². The molecule has 2 saturated carbocycles. The molecule has 27 heteroatoms. The van der Waals surface area contributed by atoms with Gasteiger partial charge in [0.25, 0.3) is 0 Å². The molecular formula is C65H78N16O11. The number of carbonyl (C=O) groups is 3. The lowest BCUT2D eigenvalue weighted by Crippen LogP contribution is -2.48. The van der Waals surface area contributed by atoms with Gasteiger partial charge in [-0.05, 0) is 96.5 Å². The van der Waals surface area contributed by atoms with Crippen LogP contribution in [-0.2, 0) is 9.59 Å². The molecule has 0 bridgehead atoms. The zero-order valence-electron chi connectivity index (χ0n) is 52.0. The molecular weight excluding hydrogens is 1180 g/mol. The largest absolute Gasteiger partial charge is 0.497 e. The molecule has 92 heavy (non-hydrogen) atoms. The van der Waals surface area contributed by atoms with Gasteiger partial charge in [-0.25, -0.2) is 14.8 Å². The molecule has 484 valence electrons. The third kappa shape index (κ3) is 12.9. The third-order valence-electron chi connectivity index (χ3n) is 18.1. The normalized spacial score (nSPS) is 22.9. The van der Waals surface area contributed by atoms with Crippen molar-refractivity contribution < 1.29 is 53.8 Å². The fraction of sp³-hybridized carbons (Fsp3) is 0.431. The van der Waals surface area contributed by atoms with Crippen LogP contribution in [0, 0.1) is 0 Å². The molecule has 2 saturated heterocycles. The number of hydrogen-bond acceptors (Lipinski definition) is 21. The quantitative estimate of drug-likeness (QED) is 0.0440. The van der Waals surface area contributed by atoms with Crippen molar-refractivity contribution in [1.82, 2.24) is 60.3 Å². The number of aliphatic hydroxyl groups is 4. The zero-order valence-corrected chi connectivity index (χ0v) is 52.0. The number of urea groups is 1. The monoisotopic (exact) mass is 1260 g/mol. The number of rotatable bonds is 22. The number of aromatic nitrogens is 8. The lowest BCUT2D eigenvalue weighted by atomic mass is 9.98. The smallest absolute Gasteiger partial charge is 0.315 e. The van der Waals surface area contributed by atoms with Gasteiger partial charge in [-0.1, -0.05) is 62.4 Å². The highest BCUT2D eigenvalue weighted by molar-refractivity contribution is 5.86. The van der Waals surface area contributed by atoms with E-state index in [0.717, 1.165) is 22.3 Å². The Bertz CT molecular complexity index is 3550. The number of aliphatic hydroxyl groups excluding tert-OH is 4. The first kappa shape index (κ1) is 62.6. The number of hydrogen-bond donors (Lipinski definition) is 10. The molecule has 0 radical (unpaired) electrons. The molecule has 4 aliphatic rings. The number of amides is 4. The van der Waals surface area contributed by atoms with Crippen molar-refractivity contribution in [3.05, 3.63) is 132 Å². The second-order valence-corrected chi connectivity index (χ2v) is 23.7. The Hall–Kier alpha value is -9.57. The number of carbonyl (C=O) groups excluding carboxylic acids is 3. The van der Waals surface area contributed by atoms with Crippen molar-refractivity contribution in [3.8, 4) is 23.0 Å². The average Bonchev–Trinajstić information content (AvgIpc) is 1.59. The summed E-state index contributed by atoms with van der Waals surface area (Å²) >= 11 is 0. The van der Waals surface area contributed by atoms with E-state index in [-0.39, 0.29) is 55.6 Å². The number of nitrogens with zero attached hydrogens (tertiary/aromatic N) is 10. The Kier molecular flexibility index (Phi) is 18.4. The summed E-state index contributed by atoms with van der Waals surface area (Å²) < 4.78 is 25.5. The lowest BCUT2D eigenvalue weighted by molar-refractivity contribution is -0.123. The molecule has 0 spiro atoms. The van der Waals surface area contributed by atoms with Crippen LogP contribution in [0.3, 0.4) is 0 Å². The summed E-state index contributed by atoms with van der Waals surface area (Å²) in [6.07, 6.45) is 0.154. The molecule has 4 aromatic carbocycles. The third-order valence-corrected chi connectivity index (χ3v) is 18.1. The SMILES string of the molecule is CCC(=O)N[C@H]1C[C@@H](n2cnc3c(NC(c4ccc(OC)cc4)c4ccc(OC)cc4)nc(N4CC[C@@H](NC(=O)N[C@@H]5CCN(c6nc(NC(c7ccc(OC)cc7)c7ccc(OC)cc7)c7ncn([C@@H]8C[C@H](NC(=O)CC)[C@@H](O)[C@H]8O)c7n6)C5)C4)nc32)[C@H](O)[C@@H]1O. The number of ether oxygens (including phenoxy) is 4. The Balaban J connectivity index is 0.799. The van der Waals surface area contributed by atoms with E-state index in [0.29, 0.717) is 108 Å². The van der Waals surface area contributed by atoms with Gasteiger partial charge >= 0.3 is 6.03 Å². The lowest BCUT2D eigenvalue weighted by Gasteiger charge is -2.24. The minimum Gasteiger partial charge on any atom is -0.497 e. The molecule has 2 aliphatic heterocycles. The molecule has 4 amide bonds. The van der Waals surface area contributed by atoms with Crippen LogP contribution in [0.1, 0.15) is 98.8 Å². The van der Waals surface area contributed by atoms with E-state index >= 15 is 0 Å². The highest BCUT2D eigenvalue weighted by Crippen LogP contribution is 2.40. The number of fused-ring (bicyclic) bond motifs is 2. The van der Waals surface area contributed by atoms with E-state index in [1.807, 2.05) is 107 Å². The second kappa shape index (κ2) is 27.1. The van der Waals surface area contributed by atoms with Gasteiger partial charge in [0.2, 0.25) is 23.7 Å². The van der Waals surface area contributed by atoms with Crippen molar-refractivity contribution in [2.24, 2.45) is 0 Å². The molecule has 27 nitrogen and oxygen atoms in total. The van der Waals surface area contributed by atoms with Gasteiger partial charge in [-0.15, -0.1) is 0 Å². The maximum atomic E-state index is 14.2. The van der Waals surface area contributed by atoms with Crippen molar-refractivity contribution >= 4 is 63.7 Å². The van der Waals surface area contributed by atoms with Crippen molar-refractivity contribution in [2.45, 2.75) is 125 Å². The Morgan fingerprint density at radius 2 is 0.826 bits per heavy atom. The molecule has 0 unspecified atom stereocenters. The Morgan fingerprint density at radius 1 is 0.489 bits per heavy atom. The van der Waals surface area contributed by atoms with Gasteiger partial charge in [-0.3, -0.25) is 9.59 Å². The minimum atomic E-state index is -1.25. The van der Waals surface area contributed by atoms with E-state index in [1.54, 1.807) is 64.1 Å². The van der Waals surface area contributed by atoms with Gasteiger partial charge < -0.3 is 90.2 Å². The maximum absolute atomic E-state index is 14.2. The molecule has 2 aliphatic carbocycles. The number of benzene rings is 4. The molecule has 12 rings (SSSR count). The maximum Gasteiger partial charge on any atom is 0.315 e. The number of nitrogens with one attached hydrogen (secondary N) is 6. The van der Waals surface area contributed by atoms with Gasteiger partial charge in [0.05, 0.1) is 77.3 Å². The summed E-state index contributed by atoms with van der Waals surface area (Å²) in [4.78, 5) is 73.4. The average molecular weight is 1260 g/mol. The van der Waals surface area contributed by atoms with Crippen LogP contribution in [0.5, 0.6) is 23.0 Å². The van der Waals surface area contributed by atoms with Gasteiger partial charge in [0.1, 0.15) is 47.4 Å². The Labute approximate surface area is 530 Å². The van der Waals surface area contributed by atoms with Crippen molar-refractivity contribution in [1.29, 1.82) is 0 Å². The summed E-state index contributed by atoms with van der Waals surface area (Å²) in [7, 11) is 6.45. The van der Waals surface area contributed by atoms with Gasteiger partial charge in [-0.2, -0.15) is 19.9 Å². The predicted octanol–water partition coefficient (Wildman–Crippen LogP) is 4.68. The molecule has 10 atom stereocenters. The van der Waals surface area contributed by atoms with Crippen LogP contribution in [0.25, 0.3) is 22.3 Å². The predicted molar refractivity (Wildman–Crippen MR) is 342 cm³/mol. The van der Waals surface area contributed by atoms with Gasteiger partial charge in [0.15, 0.2) is 34.0 Å². The van der Waals surface area contributed by atoms with E-state index in [1.165, 1.54) is 0 Å². The van der Waals surface area contributed by atoms with Crippen LogP contribution in [0.4, 0.5) is 28.3 Å². The first-order chi connectivity index (χ1) is 44.6. The molecule has 6 heterocycles. The van der Waals surface area contributed by atoms with E-state index in [4.69, 9.17) is 48.9 Å². The summed E-state index contributed by atoms with van der Waals surface area (Å²) in [5.74, 6) is 3.75. The zero-order chi connectivity index (χ0) is 64.3. The van der Waals surface area contributed by atoms with Crippen molar-refractivity contribution in [3.63, 3.8) is 0 Å². The molecule has 4 fully saturated rings. The summed E-state index contributed by atoms with van der Waals surface area (Å²) in [5.41, 5.74) is 5.20. The first-order valence-corrected chi connectivity index (χ1v) is 31.1. The fourth-order valence-corrected chi connectivity index (χ4v) is 13.0. The number of imidazole rings is 2. The van der Waals surface area contributed by atoms with Crippen molar-refractivity contribution in [2.75, 3.05) is 75.1 Å². The number of methoxy groups -OCH3 is 4. The van der Waals surface area contributed by atoms with Gasteiger partial charge in [0, 0.05) is 51.1 Å². The van der Waals surface area contributed by atoms with E-state index < -0.39 is 60.7 Å².